The van der Waals surface area contributed by atoms with E-state index in [9.17, 15) is 9.18 Å². The summed E-state index contributed by atoms with van der Waals surface area (Å²) in [4.78, 5) is 12.0. The van der Waals surface area contributed by atoms with E-state index < -0.39 is 0 Å². The number of aryl methyl sites for hydroxylation is 1. The van der Waals surface area contributed by atoms with E-state index in [1.54, 1.807) is 19.1 Å². The zero-order chi connectivity index (χ0) is 15.4. The zero-order valence-corrected chi connectivity index (χ0v) is 12.5. The van der Waals surface area contributed by atoms with Crippen molar-refractivity contribution in [3.05, 3.63) is 64.4 Å². The van der Waals surface area contributed by atoms with E-state index in [1.807, 2.05) is 19.1 Å². The van der Waals surface area contributed by atoms with Gasteiger partial charge in [0.25, 0.3) is 0 Å². The van der Waals surface area contributed by atoms with Crippen LogP contribution in [0.15, 0.2) is 42.5 Å². The largest absolute Gasteiger partial charge is 0.331 e. The van der Waals surface area contributed by atoms with E-state index in [0.29, 0.717) is 16.3 Å². The van der Waals surface area contributed by atoms with Gasteiger partial charge in [0.05, 0.1) is 6.04 Å². The molecule has 2 amide bonds. The first-order valence-electron chi connectivity index (χ1n) is 6.55. The molecule has 2 aromatic carbocycles. The number of carbonyl (C=O) groups is 1. The van der Waals surface area contributed by atoms with Gasteiger partial charge in [-0.1, -0.05) is 23.7 Å². The fraction of sp³-hybridized carbons (Fsp3) is 0.188. The van der Waals surface area contributed by atoms with Crippen molar-refractivity contribution in [1.82, 2.24) is 5.32 Å². The second kappa shape index (κ2) is 6.59. The van der Waals surface area contributed by atoms with Crippen LogP contribution in [-0.2, 0) is 0 Å². The summed E-state index contributed by atoms with van der Waals surface area (Å²) in [7, 11) is 0. The smallest absolute Gasteiger partial charge is 0.319 e. The standard InChI is InChI=1S/C16H16ClFN2O/c1-10-8-14(18)6-7-15(10)20-16(21)19-11(2)12-4-3-5-13(17)9-12/h3-9,11H,1-2H3,(H2,19,20,21). The van der Waals surface area contributed by atoms with Crippen molar-refractivity contribution in [3.8, 4) is 0 Å². The van der Waals surface area contributed by atoms with Gasteiger partial charge in [0, 0.05) is 10.7 Å². The molecule has 21 heavy (non-hydrogen) atoms. The maximum atomic E-state index is 13.0. The molecular formula is C16H16ClFN2O. The minimum absolute atomic E-state index is 0.190. The Bertz CT molecular complexity index is 660. The summed E-state index contributed by atoms with van der Waals surface area (Å²) in [6, 6.07) is 11.0. The van der Waals surface area contributed by atoms with Crippen LogP contribution in [0.2, 0.25) is 5.02 Å². The second-order valence-electron chi connectivity index (χ2n) is 4.83. The van der Waals surface area contributed by atoms with Crippen molar-refractivity contribution in [2.45, 2.75) is 19.9 Å². The molecule has 0 aliphatic carbocycles. The number of nitrogens with one attached hydrogen (secondary N) is 2. The quantitative estimate of drug-likeness (QED) is 0.850. The molecule has 0 saturated heterocycles. The molecule has 5 heteroatoms. The number of carbonyl (C=O) groups excluding carboxylic acids is 1. The number of rotatable bonds is 3. The van der Waals surface area contributed by atoms with Gasteiger partial charge >= 0.3 is 6.03 Å². The minimum Gasteiger partial charge on any atom is -0.331 e. The highest BCUT2D eigenvalue weighted by Crippen LogP contribution is 2.18. The fourth-order valence-electron chi connectivity index (χ4n) is 1.98. The third kappa shape index (κ3) is 4.20. The van der Waals surface area contributed by atoms with Crippen LogP contribution in [0.1, 0.15) is 24.1 Å². The SMILES string of the molecule is Cc1cc(F)ccc1NC(=O)NC(C)c1cccc(Cl)c1. The van der Waals surface area contributed by atoms with Crippen LogP contribution in [0.25, 0.3) is 0 Å². The van der Waals surface area contributed by atoms with Crippen LogP contribution in [0.5, 0.6) is 0 Å². The molecule has 0 aromatic heterocycles. The first-order valence-corrected chi connectivity index (χ1v) is 6.92. The van der Waals surface area contributed by atoms with Gasteiger partial charge < -0.3 is 10.6 Å². The number of hydrogen-bond donors (Lipinski definition) is 2. The minimum atomic E-state index is -0.350. The van der Waals surface area contributed by atoms with Crippen LogP contribution in [0.4, 0.5) is 14.9 Å². The Morgan fingerprint density at radius 1 is 1.24 bits per heavy atom. The van der Waals surface area contributed by atoms with E-state index in [-0.39, 0.29) is 17.9 Å². The molecule has 2 rings (SSSR count). The van der Waals surface area contributed by atoms with Crippen molar-refractivity contribution in [3.63, 3.8) is 0 Å². The third-order valence-electron chi connectivity index (χ3n) is 3.13. The summed E-state index contributed by atoms with van der Waals surface area (Å²) in [5.74, 6) is -0.328. The molecular weight excluding hydrogens is 291 g/mol. The Morgan fingerprint density at radius 3 is 2.67 bits per heavy atom. The van der Waals surface area contributed by atoms with Crippen LogP contribution in [0, 0.1) is 12.7 Å². The Labute approximate surface area is 128 Å². The Hall–Kier alpha value is -2.07. The number of anilines is 1. The first-order chi connectivity index (χ1) is 9.95. The monoisotopic (exact) mass is 306 g/mol. The summed E-state index contributed by atoms with van der Waals surface area (Å²) in [6.45, 7) is 3.60. The van der Waals surface area contributed by atoms with Crippen molar-refractivity contribution in [2.75, 3.05) is 5.32 Å². The van der Waals surface area contributed by atoms with Crippen molar-refractivity contribution in [2.24, 2.45) is 0 Å². The molecule has 3 nitrogen and oxygen atoms in total. The van der Waals surface area contributed by atoms with Gasteiger partial charge in [-0.3, -0.25) is 0 Å². The molecule has 0 bridgehead atoms. The van der Waals surface area contributed by atoms with E-state index in [1.165, 1.54) is 18.2 Å². The molecule has 2 N–H and O–H groups in total. The topological polar surface area (TPSA) is 41.1 Å². The van der Waals surface area contributed by atoms with Gasteiger partial charge in [-0.05, 0) is 55.3 Å². The molecule has 0 aliphatic rings. The van der Waals surface area contributed by atoms with Crippen molar-refractivity contribution >= 4 is 23.3 Å². The predicted octanol–water partition coefficient (Wildman–Crippen LogP) is 4.67. The molecule has 0 fully saturated rings. The van der Waals surface area contributed by atoms with Crippen LogP contribution in [0.3, 0.4) is 0 Å². The van der Waals surface area contributed by atoms with Gasteiger partial charge in [0.2, 0.25) is 0 Å². The van der Waals surface area contributed by atoms with E-state index >= 15 is 0 Å². The number of hydrogen-bond acceptors (Lipinski definition) is 1. The molecule has 0 spiro atoms. The Morgan fingerprint density at radius 2 is 2.00 bits per heavy atom. The molecule has 1 unspecified atom stereocenters. The number of urea groups is 1. The highest BCUT2D eigenvalue weighted by Gasteiger charge is 2.11. The molecule has 0 heterocycles. The van der Waals surface area contributed by atoms with Crippen LogP contribution >= 0.6 is 11.6 Å². The molecule has 0 saturated carbocycles. The lowest BCUT2D eigenvalue weighted by Gasteiger charge is -2.16. The summed E-state index contributed by atoms with van der Waals surface area (Å²) in [6.07, 6.45) is 0. The van der Waals surface area contributed by atoms with Crippen molar-refractivity contribution < 1.29 is 9.18 Å². The average Bonchev–Trinajstić information content (AvgIpc) is 2.42. The molecule has 110 valence electrons. The van der Waals surface area contributed by atoms with Gasteiger partial charge in [-0.25, -0.2) is 9.18 Å². The number of amides is 2. The highest BCUT2D eigenvalue weighted by atomic mass is 35.5. The summed E-state index contributed by atoms with van der Waals surface area (Å²) in [5, 5.41) is 6.14. The first kappa shape index (κ1) is 15.3. The summed E-state index contributed by atoms with van der Waals surface area (Å²) < 4.78 is 13.0. The lowest BCUT2D eigenvalue weighted by atomic mass is 10.1. The molecule has 0 aliphatic heterocycles. The van der Waals surface area contributed by atoms with Crippen LogP contribution in [-0.4, -0.2) is 6.03 Å². The predicted molar refractivity (Wildman–Crippen MR) is 83.2 cm³/mol. The van der Waals surface area contributed by atoms with Gasteiger partial charge in [0.15, 0.2) is 0 Å². The molecule has 2 aromatic rings. The molecule has 1 atom stereocenters. The van der Waals surface area contributed by atoms with E-state index in [4.69, 9.17) is 11.6 Å². The Kier molecular flexibility index (Phi) is 4.81. The second-order valence-corrected chi connectivity index (χ2v) is 5.27. The highest BCUT2D eigenvalue weighted by molar-refractivity contribution is 6.30. The normalized spacial score (nSPS) is 11.8. The average molecular weight is 307 g/mol. The Balaban J connectivity index is 2.01. The van der Waals surface area contributed by atoms with Gasteiger partial charge in [-0.2, -0.15) is 0 Å². The van der Waals surface area contributed by atoms with Gasteiger partial charge in [0.1, 0.15) is 5.82 Å². The van der Waals surface area contributed by atoms with E-state index in [0.717, 1.165) is 5.56 Å². The zero-order valence-electron chi connectivity index (χ0n) is 11.8. The van der Waals surface area contributed by atoms with E-state index in [2.05, 4.69) is 10.6 Å². The lowest BCUT2D eigenvalue weighted by molar-refractivity contribution is 0.249. The van der Waals surface area contributed by atoms with Crippen LogP contribution < -0.4 is 10.6 Å². The summed E-state index contributed by atoms with van der Waals surface area (Å²) >= 11 is 5.93. The van der Waals surface area contributed by atoms with Crippen molar-refractivity contribution in [1.29, 1.82) is 0 Å². The number of halogens is 2. The van der Waals surface area contributed by atoms with Gasteiger partial charge in [-0.15, -0.1) is 0 Å². The summed E-state index contributed by atoms with van der Waals surface area (Å²) in [5.41, 5.74) is 2.15. The third-order valence-corrected chi connectivity index (χ3v) is 3.37. The maximum absolute atomic E-state index is 13.0. The number of benzene rings is 2. The molecule has 0 radical (unpaired) electrons. The maximum Gasteiger partial charge on any atom is 0.319 e. The lowest BCUT2D eigenvalue weighted by Crippen LogP contribution is -2.31. The fourth-order valence-corrected chi connectivity index (χ4v) is 2.18.